The van der Waals surface area contributed by atoms with Crippen LogP contribution in [0.4, 0.5) is 0 Å². The molecule has 2 aromatic heterocycles. The maximum Gasteiger partial charge on any atom is 0.144 e. The molecule has 5 nitrogen and oxygen atoms in total. The Bertz CT molecular complexity index is 893. The van der Waals surface area contributed by atoms with Crippen LogP contribution in [0.3, 0.4) is 0 Å². The van der Waals surface area contributed by atoms with Crippen molar-refractivity contribution in [2.24, 2.45) is 4.40 Å². The van der Waals surface area contributed by atoms with E-state index in [9.17, 15) is 4.21 Å². The number of rotatable bonds is 3. The third-order valence-corrected chi connectivity index (χ3v) is 4.66. The zero-order valence-electron chi connectivity index (χ0n) is 13.3. The molecule has 0 spiro atoms. The molecule has 0 fully saturated rings. The Balaban J connectivity index is 2.05. The highest BCUT2D eigenvalue weighted by Crippen LogP contribution is 2.19. The van der Waals surface area contributed by atoms with Crippen molar-refractivity contribution in [2.75, 3.05) is 0 Å². The molecule has 23 heavy (non-hydrogen) atoms. The average Bonchev–Trinajstić information content (AvgIpc) is 2.96. The topological polar surface area (TPSA) is 60.1 Å². The predicted molar refractivity (Wildman–Crippen MR) is 94.4 cm³/mol. The molecule has 0 aliphatic carbocycles. The lowest BCUT2D eigenvalue weighted by Gasteiger charge is -2.13. The number of hydrogen-bond donors (Lipinski definition) is 0. The molecule has 0 aliphatic heterocycles. The standard InChI is InChI=1S/C17H18N4OS/c1-17(2,3)23(22)20-12-14-16(9-6-10-18-14)21-15-8-5-4-7-13(15)11-19-21/h4-12H,1-3H3/t23-/m0/s1. The van der Waals surface area contributed by atoms with Crippen molar-refractivity contribution >= 4 is 28.1 Å². The number of nitrogens with zero attached hydrogens (tertiary/aromatic N) is 4. The van der Waals surface area contributed by atoms with Crippen LogP contribution in [0.15, 0.2) is 53.2 Å². The Morgan fingerprint density at radius 3 is 2.74 bits per heavy atom. The van der Waals surface area contributed by atoms with Gasteiger partial charge in [0.05, 0.1) is 28.4 Å². The summed E-state index contributed by atoms with van der Waals surface area (Å²) in [5, 5.41) is 5.49. The fraction of sp³-hybridized carbons (Fsp3) is 0.235. The molecule has 0 radical (unpaired) electrons. The summed E-state index contributed by atoms with van der Waals surface area (Å²) in [5.41, 5.74) is 2.44. The van der Waals surface area contributed by atoms with Gasteiger partial charge in [-0.1, -0.05) is 18.2 Å². The molecular formula is C17H18N4OS. The van der Waals surface area contributed by atoms with Gasteiger partial charge in [0, 0.05) is 11.6 Å². The lowest BCUT2D eigenvalue weighted by atomic mass is 10.2. The van der Waals surface area contributed by atoms with Crippen LogP contribution in [0.25, 0.3) is 16.6 Å². The minimum absolute atomic E-state index is 0.399. The van der Waals surface area contributed by atoms with Gasteiger partial charge in [-0.05, 0) is 39.0 Å². The Morgan fingerprint density at radius 2 is 1.96 bits per heavy atom. The summed E-state index contributed by atoms with van der Waals surface area (Å²) in [7, 11) is -1.32. The molecule has 0 bridgehead atoms. The smallest absolute Gasteiger partial charge is 0.144 e. The Labute approximate surface area is 137 Å². The van der Waals surface area contributed by atoms with Crippen LogP contribution in [0.5, 0.6) is 0 Å². The molecule has 3 aromatic rings. The molecule has 0 saturated heterocycles. The van der Waals surface area contributed by atoms with E-state index >= 15 is 0 Å². The van der Waals surface area contributed by atoms with Gasteiger partial charge in [0.15, 0.2) is 0 Å². The highest BCUT2D eigenvalue weighted by molar-refractivity contribution is 7.85. The van der Waals surface area contributed by atoms with Gasteiger partial charge in [0.2, 0.25) is 0 Å². The summed E-state index contributed by atoms with van der Waals surface area (Å²) < 4.78 is 17.7. The van der Waals surface area contributed by atoms with E-state index in [1.165, 1.54) is 0 Å². The molecular weight excluding hydrogens is 308 g/mol. The molecule has 3 rings (SSSR count). The number of hydrogen-bond acceptors (Lipinski definition) is 3. The highest BCUT2D eigenvalue weighted by atomic mass is 32.2. The van der Waals surface area contributed by atoms with E-state index in [1.54, 1.807) is 12.4 Å². The molecule has 6 heteroatoms. The van der Waals surface area contributed by atoms with Crippen molar-refractivity contribution in [2.45, 2.75) is 25.5 Å². The van der Waals surface area contributed by atoms with Gasteiger partial charge in [0.1, 0.15) is 16.7 Å². The van der Waals surface area contributed by atoms with E-state index in [0.29, 0.717) is 5.69 Å². The molecule has 0 saturated carbocycles. The van der Waals surface area contributed by atoms with Crippen molar-refractivity contribution in [3.63, 3.8) is 0 Å². The monoisotopic (exact) mass is 326 g/mol. The molecule has 1 aromatic carbocycles. The van der Waals surface area contributed by atoms with Crippen LogP contribution < -0.4 is 0 Å². The fourth-order valence-corrected chi connectivity index (χ4v) is 2.62. The number of fused-ring (bicyclic) bond motifs is 1. The van der Waals surface area contributed by atoms with Gasteiger partial charge >= 0.3 is 0 Å². The summed E-state index contributed by atoms with van der Waals surface area (Å²) in [6.07, 6.45) is 5.07. The quantitative estimate of drug-likeness (QED) is 0.694. The molecule has 0 aliphatic rings. The first-order valence-electron chi connectivity index (χ1n) is 7.31. The maximum atomic E-state index is 12.1. The molecule has 0 unspecified atom stereocenters. The predicted octanol–water partition coefficient (Wildman–Crippen LogP) is 3.30. The normalized spacial score (nSPS) is 13.7. The van der Waals surface area contributed by atoms with Gasteiger partial charge in [-0.3, -0.25) is 4.98 Å². The number of para-hydroxylation sites is 1. The minimum atomic E-state index is -1.32. The van der Waals surface area contributed by atoms with E-state index in [4.69, 9.17) is 0 Å². The van der Waals surface area contributed by atoms with Gasteiger partial charge < -0.3 is 0 Å². The Hall–Kier alpha value is -2.34. The van der Waals surface area contributed by atoms with Crippen LogP contribution >= 0.6 is 0 Å². The van der Waals surface area contributed by atoms with Crippen LogP contribution in [-0.4, -0.2) is 29.9 Å². The third kappa shape index (κ3) is 3.22. The molecule has 118 valence electrons. The van der Waals surface area contributed by atoms with E-state index < -0.39 is 15.7 Å². The Kier molecular flexibility index (Phi) is 4.09. The van der Waals surface area contributed by atoms with E-state index in [1.807, 2.05) is 68.0 Å². The second-order valence-electron chi connectivity index (χ2n) is 6.12. The van der Waals surface area contributed by atoms with E-state index in [-0.39, 0.29) is 0 Å². The van der Waals surface area contributed by atoms with Gasteiger partial charge in [0.25, 0.3) is 0 Å². The van der Waals surface area contributed by atoms with Crippen LogP contribution in [0, 0.1) is 0 Å². The first-order chi connectivity index (χ1) is 11.0. The van der Waals surface area contributed by atoms with Crippen LogP contribution in [0.2, 0.25) is 0 Å². The van der Waals surface area contributed by atoms with Gasteiger partial charge in [-0.15, -0.1) is 0 Å². The lowest BCUT2D eigenvalue weighted by molar-refractivity contribution is 0.651. The average molecular weight is 326 g/mol. The first kappa shape index (κ1) is 15.6. The summed E-state index contributed by atoms with van der Waals surface area (Å²) in [4.78, 5) is 4.35. The second kappa shape index (κ2) is 6.04. The first-order valence-corrected chi connectivity index (χ1v) is 8.42. The fourth-order valence-electron chi connectivity index (χ4n) is 2.11. The van der Waals surface area contributed by atoms with Crippen LogP contribution in [0.1, 0.15) is 26.5 Å². The summed E-state index contributed by atoms with van der Waals surface area (Å²) in [6, 6.07) is 11.7. The van der Waals surface area contributed by atoms with Gasteiger partial charge in [-0.25, -0.2) is 8.89 Å². The molecule has 0 amide bonds. The second-order valence-corrected chi connectivity index (χ2v) is 8.05. The van der Waals surface area contributed by atoms with Crippen molar-refractivity contribution in [1.82, 2.24) is 14.8 Å². The van der Waals surface area contributed by atoms with Crippen LogP contribution in [-0.2, 0) is 11.0 Å². The lowest BCUT2D eigenvalue weighted by Crippen LogP contribution is -2.19. The highest BCUT2D eigenvalue weighted by Gasteiger charge is 2.18. The number of pyridine rings is 1. The van der Waals surface area contributed by atoms with Crippen molar-refractivity contribution in [3.8, 4) is 5.69 Å². The van der Waals surface area contributed by atoms with Crippen molar-refractivity contribution in [3.05, 3.63) is 54.5 Å². The van der Waals surface area contributed by atoms with Crippen molar-refractivity contribution < 1.29 is 4.21 Å². The molecule has 0 N–H and O–H groups in total. The summed E-state index contributed by atoms with van der Waals surface area (Å²) in [5.74, 6) is 0. The minimum Gasteiger partial charge on any atom is -0.253 e. The summed E-state index contributed by atoms with van der Waals surface area (Å²) >= 11 is 0. The largest absolute Gasteiger partial charge is 0.253 e. The maximum absolute atomic E-state index is 12.1. The van der Waals surface area contributed by atoms with Crippen molar-refractivity contribution in [1.29, 1.82) is 0 Å². The zero-order chi connectivity index (χ0) is 16.4. The van der Waals surface area contributed by atoms with Gasteiger partial charge in [-0.2, -0.15) is 9.50 Å². The molecule has 1 atom stereocenters. The number of aromatic nitrogens is 3. The van der Waals surface area contributed by atoms with E-state index in [0.717, 1.165) is 16.6 Å². The van der Waals surface area contributed by atoms with E-state index in [2.05, 4.69) is 14.5 Å². The zero-order valence-corrected chi connectivity index (χ0v) is 14.1. The number of benzene rings is 1. The third-order valence-electron chi connectivity index (χ3n) is 3.32. The summed E-state index contributed by atoms with van der Waals surface area (Å²) in [6.45, 7) is 5.67. The SMILES string of the molecule is CC(C)(C)[S@](=O)N=Cc1ncccc1-n1ncc2ccccc21. The Morgan fingerprint density at radius 1 is 1.17 bits per heavy atom. The molecule has 2 heterocycles.